The molecule has 0 radical (unpaired) electrons. The first-order valence-electron chi connectivity index (χ1n) is 5.10. The van der Waals surface area contributed by atoms with E-state index in [1.54, 1.807) is 22.7 Å². The third kappa shape index (κ3) is 2.25. The monoisotopic (exact) mass is 253 g/mol. The highest BCUT2D eigenvalue weighted by molar-refractivity contribution is 7.16. The molecule has 1 N–H and O–H groups in total. The van der Waals surface area contributed by atoms with Crippen molar-refractivity contribution in [1.29, 1.82) is 0 Å². The lowest BCUT2D eigenvalue weighted by atomic mass is 9.98. The van der Waals surface area contributed by atoms with Gasteiger partial charge in [-0.25, -0.2) is 9.97 Å². The number of hydrogen-bond acceptors (Lipinski definition) is 5. The minimum absolute atomic E-state index is 0.116. The van der Waals surface area contributed by atoms with Gasteiger partial charge in [-0.15, -0.1) is 22.7 Å². The highest BCUT2D eigenvalue weighted by Crippen LogP contribution is 2.33. The molecule has 5 heteroatoms. The summed E-state index contributed by atoms with van der Waals surface area (Å²) in [4.78, 5) is 10.1. The molecule has 0 aromatic carbocycles. The van der Waals surface area contributed by atoms with Crippen molar-refractivity contribution < 1.29 is 0 Å². The van der Waals surface area contributed by atoms with E-state index in [0.29, 0.717) is 0 Å². The van der Waals surface area contributed by atoms with Gasteiger partial charge < -0.3 is 5.32 Å². The second-order valence-electron chi connectivity index (χ2n) is 4.57. The summed E-state index contributed by atoms with van der Waals surface area (Å²) >= 11 is 3.34. The average Bonchev–Trinajstić information content (AvgIpc) is 2.85. The van der Waals surface area contributed by atoms with Crippen molar-refractivity contribution in [3.63, 3.8) is 0 Å². The fourth-order valence-corrected chi connectivity index (χ4v) is 2.92. The maximum atomic E-state index is 4.47. The maximum absolute atomic E-state index is 4.47. The van der Waals surface area contributed by atoms with Crippen molar-refractivity contribution in [1.82, 2.24) is 9.97 Å². The van der Waals surface area contributed by atoms with Crippen molar-refractivity contribution in [2.24, 2.45) is 0 Å². The standard InChI is InChI=1S/C11H15N3S2/c1-11(2,3)9-13-5-8(16-9)7-6-15-10(12-4)14-7/h5-6H,1-4H3,(H,12,14). The molecule has 86 valence electrons. The van der Waals surface area contributed by atoms with Crippen LogP contribution in [0.25, 0.3) is 10.6 Å². The van der Waals surface area contributed by atoms with Gasteiger partial charge in [0, 0.05) is 24.0 Å². The van der Waals surface area contributed by atoms with Gasteiger partial charge in [-0.1, -0.05) is 20.8 Å². The molecular formula is C11H15N3S2. The van der Waals surface area contributed by atoms with Gasteiger partial charge in [-0.2, -0.15) is 0 Å². The van der Waals surface area contributed by atoms with Crippen LogP contribution in [-0.4, -0.2) is 17.0 Å². The molecule has 0 unspecified atom stereocenters. The number of rotatable bonds is 2. The molecule has 0 amide bonds. The third-order valence-corrected chi connectivity index (χ3v) is 4.42. The van der Waals surface area contributed by atoms with E-state index in [9.17, 15) is 0 Å². The Morgan fingerprint density at radius 1 is 1.31 bits per heavy atom. The van der Waals surface area contributed by atoms with Crippen LogP contribution in [0.4, 0.5) is 5.13 Å². The summed E-state index contributed by atoms with van der Waals surface area (Å²) in [5, 5.41) is 7.21. The number of anilines is 1. The van der Waals surface area contributed by atoms with E-state index in [1.165, 1.54) is 0 Å². The number of nitrogens with one attached hydrogen (secondary N) is 1. The van der Waals surface area contributed by atoms with E-state index in [-0.39, 0.29) is 5.41 Å². The van der Waals surface area contributed by atoms with Crippen molar-refractivity contribution >= 4 is 27.8 Å². The van der Waals surface area contributed by atoms with Crippen molar-refractivity contribution in [2.75, 3.05) is 12.4 Å². The lowest BCUT2D eigenvalue weighted by Crippen LogP contribution is -2.09. The normalized spacial score (nSPS) is 11.8. The molecule has 0 bridgehead atoms. The minimum atomic E-state index is 0.116. The molecule has 2 aromatic heterocycles. The Bertz CT molecular complexity index is 479. The Kier molecular flexibility index (Phi) is 2.99. The van der Waals surface area contributed by atoms with Gasteiger partial charge in [-0.3, -0.25) is 0 Å². The molecule has 0 saturated heterocycles. The lowest BCUT2D eigenvalue weighted by Gasteiger charge is -2.13. The predicted octanol–water partition coefficient (Wildman–Crippen LogP) is 3.61. The van der Waals surface area contributed by atoms with E-state index in [4.69, 9.17) is 0 Å². The quantitative estimate of drug-likeness (QED) is 0.888. The Morgan fingerprint density at radius 3 is 2.56 bits per heavy atom. The summed E-state index contributed by atoms with van der Waals surface area (Å²) in [5.74, 6) is 0. The summed E-state index contributed by atoms with van der Waals surface area (Å²) in [5.41, 5.74) is 1.13. The first-order valence-corrected chi connectivity index (χ1v) is 6.80. The Labute approximate surface area is 104 Å². The minimum Gasteiger partial charge on any atom is -0.365 e. The van der Waals surface area contributed by atoms with Crippen LogP contribution in [-0.2, 0) is 5.41 Å². The summed E-state index contributed by atoms with van der Waals surface area (Å²) < 4.78 is 0. The maximum Gasteiger partial charge on any atom is 0.182 e. The van der Waals surface area contributed by atoms with Crippen LogP contribution < -0.4 is 5.32 Å². The summed E-state index contributed by atoms with van der Waals surface area (Å²) in [6.45, 7) is 6.53. The van der Waals surface area contributed by atoms with Crippen molar-refractivity contribution in [3.8, 4) is 10.6 Å². The number of hydrogen-bond donors (Lipinski definition) is 1. The Morgan fingerprint density at radius 2 is 2.06 bits per heavy atom. The van der Waals surface area contributed by atoms with Gasteiger partial charge in [0.05, 0.1) is 15.6 Å². The summed E-state index contributed by atoms with van der Waals surface area (Å²) in [6, 6.07) is 0. The Hall–Kier alpha value is -0.940. The molecule has 2 rings (SSSR count). The first kappa shape index (κ1) is 11.5. The lowest BCUT2D eigenvalue weighted by molar-refractivity contribution is 0.585. The van der Waals surface area contributed by atoms with Crippen LogP contribution in [0.3, 0.4) is 0 Å². The molecule has 2 heterocycles. The zero-order chi connectivity index (χ0) is 11.8. The molecule has 3 nitrogen and oxygen atoms in total. The fourth-order valence-electron chi connectivity index (χ4n) is 1.24. The summed E-state index contributed by atoms with van der Waals surface area (Å²) in [7, 11) is 1.88. The van der Waals surface area contributed by atoms with E-state index in [1.807, 2.05) is 13.2 Å². The van der Waals surface area contributed by atoms with E-state index in [2.05, 4.69) is 41.4 Å². The highest BCUT2D eigenvalue weighted by atomic mass is 32.1. The van der Waals surface area contributed by atoms with Gasteiger partial charge in [-0.05, 0) is 0 Å². The molecule has 2 aromatic rings. The fraction of sp³-hybridized carbons (Fsp3) is 0.455. The second kappa shape index (κ2) is 4.14. The smallest absolute Gasteiger partial charge is 0.182 e. The SMILES string of the molecule is CNc1nc(-c2cnc(C(C)(C)C)s2)cs1. The van der Waals surface area contributed by atoms with Crippen LogP contribution in [0, 0.1) is 0 Å². The second-order valence-corrected chi connectivity index (χ2v) is 6.46. The van der Waals surface area contributed by atoms with Gasteiger partial charge in [0.15, 0.2) is 5.13 Å². The van der Waals surface area contributed by atoms with Crippen LogP contribution >= 0.6 is 22.7 Å². The van der Waals surface area contributed by atoms with Crippen LogP contribution in [0.2, 0.25) is 0 Å². The van der Waals surface area contributed by atoms with Gasteiger partial charge >= 0.3 is 0 Å². The molecule has 0 aliphatic carbocycles. The zero-order valence-corrected chi connectivity index (χ0v) is 11.5. The number of thiazole rings is 2. The first-order chi connectivity index (χ1) is 7.50. The van der Waals surface area contributed by atoms with E-state index in [0.717, 1.165) is 20.7 Å². The molecular weight excluding hydrogens is 238 g/mol. The molecule has 0 fully saturated rings. The number of aromatic nitrogens is 2. The molecule has 0 atom stereocenters. The average molecular weight is 253 g/mol. The van der Waals surface area contributed by atoms with Gasteiger partial charge in [0.25, 0.3) is 0 Å². The topological polar surface area (TPSA) is 37.8 Å². The molecule has 0 spiro atoms. The van der Waals surface area contributed by atoms with E-state index < -0.39 is 0 Å². The van der Waals surface area contributed by atoms with Crippen molar-refractivity contribution in [2.45, 2.75) is 26.2 Å². The summed E-state index contributed by atoms with van der Waals surface area (Å²) in [6.07, 6.45) is 1.92. The van der Waals surface area contributed by atoms with Crippen LogP contribution in [0.5, 0.6) is 0 Å². The van der Waals surface area contributed by atoms with Crippen LogP contribution in [0.1, 0.15) is 25.8 Å². The largest absolute Gasteiger partial charge is 0.365 e. The van der Waals surface area contributed by atoms with Gasteiger partial charge in [0.1, 0.15) is 0 Å². The third-order valence-electron chi connectivity index (χ3n) is 2.12. The highest BCUT2D eigenvalue weighted by Gasteiger charge is 2.19. The van der Waals surface area contributed by atoms with E-state index >= 15 is 0 Å². The van der Waals surface area contributed by atoms with Crippen molar-refractivity contribution in [3.05, 3.63) is 16.6 Å². The predicted molar refractivity (Wildman–Crippen MR) is 71.5 cm³/mol. The van der Waals surface area contributed by atoms with Crippen LogP contribution in [0.15, 0.2) is 11.6 Å². The zero-order valence-electron chi connectivity index (χ0n) is 9.87. The van der Waals surface area contributed by atoms with Gasteiger partial charge in [0.2, 0.25) is 0 Å². The molecule has 16 heavy (non-hydrogen) atoms. The molecule has 0 aliphatic rings. The number of nitrogens with zero attached hydrogens (tertiary/aromatic N) is 2. The molecule has 0 aliphatic heterocycles. The Balaban J connectivity index is 2.31. The molecule has 0 saturated carbocycles.